The lowest BCUT2D eigenvalue weighted by molar-refractivity contribution is -0.148. The van der Waals surface area contributed by atoms with Gasteiger partial charge in [0.25, 0.3) is 5.91 Å². The molecular weight excluding hydrogens is 368 g/mol. The molecule has 1 aliphatic rings. The molecule has 1 fully saturated rings. The molecule has 2 rings (SSSR count). The van der Waals surface area contributed by atoms with Gasteiger partial charge in [0.2, 0.25) is 10.0 Å². The minimum Gasteiger partial charge on any atom is -0.452 e. The van der Waals surface area contributed by atoms with Gasteiger partial charge in [0, 0.05) is 32.3 Å². The largest absolute Gasteiger partial charge is 0.452 e. The van der Waals surface area contributed by atoms with Crippen molar-refractivity contribution in [3.05, 3.63) is 41.0 Å². The highest BCUT2D eigenvalue weighted by atomic mass is 32.2. The topological polar surface area (TPSA) is 84.0 Å². The molecule has 0 bridgehead atoms. The molecular formula is C19H26N2O5S. The third-order valence-electron chi connectivity index (χ3n) is 4.45. The Morgan fingerprint density at radius 2 is 1.70 bits per heavy atom. The minimum absolute atomic E-state index is 0.211. The van der Waals surface area contributed by atoms with Crippen LogP contribution >= 0.6 is 0 Å². The summed E-state index contributed by atoms with van der Waals surface area (Å²) in [5.74, 6) is -0.881. The predicted molar refractivity (Wildman–Crippen MR) is 102 cm³/mol. The summed E-state index contributed by atoms with van der Waals surface area (Å²) in [7, 11) is -3.59. The predicted octanol–water partition coefficient (Wildman–Crippen LogP) is 1.65. The normalized spacial score (nSPS) is 15.3. The Morgan fingerprint density at radius 1 is 1.07 bits per heavy atom. The molecule has 0 atom stereocenters. The molecule has 1 aromatic rings. The van der Waals surface area contributed by atoms with Gasteiger partial charge in [-0.05, 0) is 51.0 Å². The number of amides is 1. The SMILES string of the molecule is CC(C)=CC(=O)OCC(=O)N1CCN(S(=O)(=O)c2ccc(C)c(C)c2)CC1. The summed E-state index contributed by atoms with van der Waals surface area (Å²) in [6.45, 7) is 7.95. The molecule has 27 heavy (non-hydrogen) atoms. The Kier molecular flexibility index (Phi) is 6.78. The Hall–Kier alpha value is -2.19. The van der Waals surface area contributed by atoms with Gasteiger partial charge in [-0.1, -0.05) is 11.6 Å². The lowest BCUT2D eigenvalue weighted by Crippen LogP contribution is -2.51. The maximum atomic E-state index is 12.8. The van der Waals surface area contributed by atoms with E-state index in [2.05, 4.69) is 0 Å². The van der Waals surface area contributed by atoms with Crippen LogP contribution in [0, 0.1) is 13.8 Å². The number of nitrogens with zero attached hydrogens (tertiary/aromatic N) is 2. The first kappa shape index (κ1) is 21.1. The monoisotopic (exact) mass is 394 g/mol. The number of piperazine rings is 1. The zero-order valence-corrected chi connectivity index (χ0v) is 17.0. The van der Waals surface area contributed by atoms with Gasteiger partial charge >= 0.3 is 5.97 Å². The zero-order valence-electron chi connectivity index (χ0n) is 16.2. The Labute approximate surface area is 160 Å². The van der Waals surface area contributed by atoms with Crippen molar-refractivity contribution in [2.45, 2.75) is 32.6 Å². The molecule has 0 N–H and O–H groups in total. The van der Waals surface area contributed by atoms with Crippen LogP contribution in [0.2, 0.25) is 0 Å². The molecule has 0 aromatic heterocycles. The van der Waals surface area contributed by atoms with Crippen LogP contribution in [-0.2, 0) is 24.3 Å². The summed E-state index contributed by atoms with van der Waals surface area (Å²) in [6.07, 6.45) is 1.32. The molecule has 0 unspecified atom stereocenters. The number of esters is 1. The van der Waals surface area contributed by atoms with Crippen molar-refractivity contribution < 1.29 is 22.7 Å². The third kappa shape index (κ3) is 5.40. The summed E-state index contributed by atoms with van der Waals surface area (Å²) < 4.78 is 31.9. The molecule has 1 saturated heterocycles. The van der Waals surface area contributed by atoms with Gasteiger partial charge in [0.1, 0.15) is 0 Å². The summed E-state index contributed by atoms with van der Waals surface area (Å²) in [5, 5.41) is 0. The van der Waals surface area contributed by atoms with E-state index in [0.717, 1.165) is 16.7 Å². The van der Waals surface area contributed by atoms with Gasteiger partial charge in [0.15, 0.2) is 6.61 Å². The smallest absolute Gasteiger partial charge is 0.331 e. The molecule has 0 radical (unpaired) electrons. The average molecular weight is 394 g/mol. The Morgan fingerprint density at radius 3 is 2.26 bits per heavy atom. The Balaban J connectivity index is 1.94. The van der Waals surface area contributed by atoms with E-state index in [1.165, 1.54) is 15.3 Å². The van der Waals surface area contributed by atoms with Gasteiger partial charge in [-0.15, -0.1) is 0 Å². The maximum Gasteiger partial charge on any atom is 0.331 e. The first-order valence-electron chi connectivity index (χ1n) is 8.78. The third-order valence-corrected chi connectivity index (χ3v) is 6.35. The first-order valence-corrected chi connectivity index (χ1v) is 10.2. The molecule has 7 nitrogen and oxygen atoms in total. The van der Waals surface area contributed by atoms with Crippen LogP contribution in [-0.4, -0.2) is 62.3 Å². The minimum atomic E-state index is -3.59. The van der Waals surface area contributed by atoms with Crippen LogP contribution in [0.3, 0.4) is 0 Å². The quantitative estimate of drug-likeness (QED) is 0.560. The van der Waals surface area contributed by atoms with Crippen molar-refractivity contribution in [2.24, 2.45) is 0 Å². The van der Waals surface area contributed by atoms with Crippen molar-refractivity contribution in [2.75, 3.05) is 32.8 Å². The van der Waals surface area contributed by atoms with Gasteiger partial charge < -0.3 is 9.64 Å². The summed E-state index contributed by atoms with van der Waals surface area (Å²) in [4.78, 5) is 25.4. The highest BCUT2D eigenvalue weighted by Gasteiger charge is 2.30. The van der Waals surface area contributed by atoms with E-state index < -0.39 is 16.0 Å². The summed E-state index contributed by atoms with van der Waals surface area (Å²) in [6, 6.07) is 5.07. The Bertz CT molecular complexity index is 849. The number of sulfonamides is 1. The second-order valence-corrected chi connectivity index (χ2v) is 8.80. The van der Waals surface area contributed by atoms with E-state index in [4.69, 9.17) is 4.74 Å². The summed E-state index contributed by atoms with van der Waals surface area (Å²) >= 11 is 0. The lowest BCUT2D eigenvalue weighted by Gasteiger charge is -2.34. The highest BCUT2D eigenvalue weighted by molar-refractivity contribution is 7.89. The van der Waals surface area contributed by atoms with Crippen molar-refractivity contribution in [1.29, 1.82) is 0 Å². The maximum absolute atomic E-state index is 12.8. The first-order chi connectivity index (χ1) is 12.6. The number of carbonyl (C=O) groups excluding carboxylic acids is 2. The number of ether oxygens (including phenoxy) is 1. The molecule has 0 aliphatic carbocycles. The van der Waals surface area contributed by atoms with Crippen molar-refractivity contribution in [1.82, 2.24) is 9.21 Å². The molecule has 1 amide bonds. The summed E-state index contributed by atoms with van der Waals surface area (Å²) in [5.41, 5.74) is 2.74. The van der Waals surface area contributed by atoms with E-state index in [-0.39, 0.29) is 43.6 Å². The number of hydrogen-bond acceptors (Lipinski definition) is 5. The van der Waals surface area contributed by atoms with Gasteiger partial charge in [-0.25, -0.2) is 13.2 Å². The van der Waals surface area contributed by atoms with Crippen molar-refractivity contribution in [3.8, 4) is 0 Å². The van der Waals surface area contributed by atoms with E-state index in [0.29, 0.717) is 0 Å². The van der Waals surface area contributed by atoms with Gasteiger partial charge in [-0.2, -0.15) is 4.31 Å². The number of aryl methyl sites for hydroxylation is 2. The van der Waals surface area contributed by atoms with Crippen LogP contribution in [0.5, 0.6) is 0 Å². The van der Waals surface area contributed by atoms with Crippen LogP contribution in [0.15, 0.2) is 34.7 Å². The number of carbonyl (C=O) groups is 2. The number of hydrogen-bond donors (Lipinski definition) is 0. The fourth-order valence-electron chi connectivity index (χ4n) is 2.70. The second-order valence-electron chi connectivity index (χ2n) is 6.86. The standard InChI is InChI=1S/C19H26N2O5S/c1-14(2)11-19(23)26-13-18(22)20-7-9-21(10-8-20)27(24,25)17-6-5-15(3)16(4)12-17/h5-6,11-12H,7-10,13H2,1-4H3. The molecule has 1 heterocycles. The fraction of sp³-hybridized carbons (Fsp3) is 0.474. The molecule has 8 heteroatoms. The average Bonchev–Trinajstić information content (AvgIpc) is 2.61. The second kappa shape index (κ2) is 8.67. The van der Waals surface area contributed by atoms with E-state index >= 15 is 0 Å². The molecule has 148 valence electrons. The van der Waals surface area contributed by atoms with Crippen LogP contribution in [0.1, 0.15) is 25.0 Å². The number of rotatable bonds is 5. The van der Waals surface area contributed by atoms with E-state index in [1.807, 2.05) is 13.8 Å². The van der Waals surface area contributed by atoms with Gasteiger partial charge in [-0.3, -0.25) is 4.79 Å². The number of allylic oxidation sites excluding steroid dienone is 1. The molecule has 1 aliphatic heterocycles. The van der Waals surface area contributed by atoms with Crippen LogP contribution < -0.4 is 0 Å². The van der Waals surface area contributed by atoms with Crippen LogP contribution in [0.4, 0.5) is 0 Å². The van der Waals surface area contributed by atoms with Crippen LogP contribution in [0.25, 0.3) is 0 Å². The van der Waals surface area contributed by atoms with Crippen molar-refractivity contribution in [3.63, 3.8) is 0 Å². The zero-order chi connectivity index (χ0) is 20.2. The fourth-order valence-corrected chi connectivity index (χ4v) is 4.21. The molecule has 1 aromatic carbocycles. The molecule has 0 saturated carbocycles. The lowest BCUT2D eigenvalue weighted by atomic mass is 10.1. The highest BCUT2D eigenvalue weighted by Crippen LogP contribution is 2.20. The van der Waals surface area contributed by atoms with Gasteiger partial charge in [0.05, 0.1) is 4.90 Å². The number of benzene rings is 1. The van der Waals surface area contributed by atoms with E-state index in [1.54, 1.807) is 32.0 Å². The van der Waals surface area contributed by atoms with E-state index in [9.17, 15) is 18.0 Å². The molecule has 0 spiro atoms. The van der Waals surface area contributed by atoms with Crippen molar-refractivity contribution >= 4 is 21.9 Å².